The Morgan fingerprint density at radius 2 is 1.81 bits per heavy atom. The van der Waals surface area contributed by atoms with Crippen molar-refractivity contribution in [2.75, 3.05) is 6.54 Å². The fraction of sp³-hybridized carbons (Fsp3) is 0.167. The van der Waals surface area contributed by atoms with Crippen LogP contribution in [0.2, 0.25) is 0 Å². The number of carbonyl (C=O) groups is 1. The summed E-state index contributed by atoms with van der Waals surface area (Å²) in [5, 5.41) is 11.0. The van der Waals surface area contributed by atoms with Crippen LogP contribution in [0.3, 0.4) is 0 Å². The van der Waals surface area contributed by atoms with E-state index in [2.05, 4.69) is 26.6 Å². The minimum Gasteiger partial charge on any atom is -0.421 e. The van der Waals surface area contributed by atoms with Gasteiger partial charge in [-0.1, -0.05) is 29.3 Å². The number of hydrogen-bond acceptors (Lipinski definition) is 5. The molecule has 1 N–H and O–H groups in total. The lowest BCUT2D eigenvalue weighted by molar-refractivity contribution is 0.0953. The molecule has 0 radical (unpaired) electrons. The highest BCUT2D eigenvalue weighted by Gasteiger charge is 2.11. The normalized spacial score (nSPS) is 10.8. The summed E-state index contributed by atoms with van der Waals surface area (Å²) in [6.45, 7) is 4.38. The van der Waals surface area contributed by atoms with Crippen molar-refractivity contribution < 1.29 is 13.6 Å². The lowest BCUT2D eigenvalue weighted by Crippen LogP contribution is -2.25. The standard InChI is InChI=1S/C24H21FN4O2/c1-15-10-16(2)12-19(11-15)24-29-28-22(31-24)8-9-26-23(30)18-6-7-21(27-14-18)17-4-3-5-20(25)13-17/h3-7,10-14H,8-9H2,1-2H3,(H,26,30). The molecule has 1 amide bonds. The molecule has 0 bridgehead atoms. The number of benzene rings is 2. The zero-order valence-corrected chi connectivity index (χ0v) is 17.2. The van der Waals surface area contributed by atoms with E-state index in [1.165, 1.54) is 18.3 Å². The predicted octanol–water partition coefficient (Wildman–Crippen LogP) is 4.53. The second-order valence-electron chi connectivity index (χ2n) is 7.33. The highest BCUT2D eigenvalue weighted by atomic mass is 19.1. The Balaban J connectivity index is 1.34. The highest BCUT2D eigenvalue weighted by Crippen LogP contribution is 2.21. The van der Waals surface area contributed by atoms with Gasteiger partial charge in [-0.15, -0.1) is 10.2 Å². The van der Waals surface area contributed by atoms with E-state index in [4.69, 9.17) is 4.42 Å². The van der Waals surface area contributed by atoms with Gasteiger partial charge in [0, 0.05) is 30.3 Å². The summed E-state index contributed by atoms with van der Waals surface area (Å²) >= 11 is 0. The Hall–Kier alpha value is -3.87. The van der Waals surface area contributed by atoms with E-state index >= 15 is 0 Å². The molecule has 2 aromatic carbocycles. The van der Waals surface area contributed by atoms with Crippen LogP contribution in [-0.4, -0.2) is 27.6 Å². The second-order valence-corrected chi connectivity index (χ2v) is 7.33. The van der Waals surface area contributed by atoms with Crippen LogP contribution in [0.4, 0.5) is 4.39 Å². The van der Waals surface area contributed by atoms with Crippen molar-refractivity contribution in [1.29, 1.82) is 0 Å². The topological polar surface area (TPSA) is 80.9 Å². The summed E-state index contributed by atoms with van der Waals surface area (Å²) < 4.78 is 19.1. The molecular formula is C24H21FN4O2. The molecule has 6 nitrogen and oxygen atoms in total. The molecule has 4 aromatic rings. The molecule has 0 aliphatic carbocycles. The third-order valence-electron chi connectivity index (χ3n) is 4.71. The number of nitrogens with one attached hydrogen (secondary N) is 1. The largest absolute Gasteiger partial charge is 0.421 e. The van der Waals surface area contributed by atoms with Crippen molar-refractivity contribution in [1.82, 2.24) is 20.5 Å². The lowest BCUT2D eigenvalue weighted by atomic mass is 10.1. The quantitative estimate of drug-likeness (QED) is 0.500. The van der Waals surface area contributed by atoms with Gasteiger partial charge >= 0.3 is 0 Å². The van der Waals surface area contributed by atoms with Crippen LogP contribution in [0.15, 0.2) is 65.2 Å². The second kappa shape index (κ2) is 8.87. The number of halogens is 1. The first kappa shape index (κ1) is 20.4. The molecule has 31 heavy (non-hydrogen) atoms. The molecule has 156 valence electrons. The summed E-state index contributed by atoms with van der Waals surface area (Å²) in [5.41, 5.74) is 4.80. The van der Waals surface area contributed by atoms with E-state index in [1.807, 2.05) is 26.0 Å². The highest BCUT2D eigenvalue weighted by molar-refractivity contribution is 5.94. The van der Waals surface area contributed by atoms with Crippen LogP contribution in [0.25, 0.3) is 22.7 Å². The Kier molecular flexibility index (Phi) is 5.84. The van der Waals surface area contributed by atoms with Crippen LogP contribution in [0, 0.1) is 19.7 Å². The number of amides is 1. The smallest absolute Gasteiger partial charge is 0.252 e. The molecular weight excluding hydrogens is 395 g/mol. The summed E-state index contributed by atoms with van der Waals surface area (Å²) in [6, 6.07) is 15.6. The zero-order valence-electron chi connectivity index (χ0n) is 17.2. The van der Waals surface area contributed by atoms with Crippen molar-refractivity contribution >= 4 is 5.91 Å². The van der Waals surface area contributed by atoms with Gasteiger partial charge in [0.1, 0.15) is 5.82 Å². The first-order valence-corrected chi connectivity index (χ1v) is 9.89. The number of aromatic nitrogens is 3. The number of pyridine rings is 1. The maximum atomic E-state index is 13.4. The van der Waals surface area contributed by atoms with Gasteiger partial charge in [-0.2, -0.15) is 0 Å². The van der Waals surface area contributed by atoms with Crippen molar-refractivity contribution in [3.63, 3.8) is 0 Å². The third-order valence-corrected chi connectivity index (χ3v) is 4.71. The van der Waals surface area contributed by atoms with Crippen molar-refractivity contribution in [3.05, 3.63) is 89.2 Å². The van der Waals surface area contributed by atoms with Gasteiger partial charge in [0.05, 0.1) is 11.3 Å². The minimum atomic E-state index is -0.331. The van der Waals surface area contributed by atoms with E-state index in [0.717, 1.165) is 16.7 Å². The van der Waals surface area contributed by atoms with Crippen LogP contribution >= 0.6 is 0 Å². The Morgan fingerprint density at radius 1 is 1.00 bits per heavy atom. The number of rotatable bonds is 6. The number of aryl methyl sites for hydroxylation is 2. The van der Waals surface area contributed by atoms with Gasteiger partial charge in [-0.05, 0) is 50.2 Å². The zero-order chi connectivity index (χ0) is 21.8. The maximum Gasteiger partial charge on any atom is 0.252 e. The molecule has 0 unspecified atom stereocenters. The van der Waals surface area contributed by atoms with Gasteiger partial charge in [-0.3, -0.25) is 9.78 Å². The Labute approximate surface area is 179 Å². The Bertz CT molecular complexity index is 1200. The SMILES string of the molecule is Cc1cc(C)cc(-c2nnc(CCNC(=O)c3ccc(-c4cccc(F)c4)nc3)o2)c1. The van der Waals surface area contributed by atoms with E-state index in [-0.39, 0.29) is 11.7 Å². The fourth-order valence-electron chi connectivity index (χ4n) is 3.30. The van der Waals surface area contributed by atoms with Crippen molar-refractivity contribution in [2.45, 2.75) is 20.3 Å². The number of carbonyl (C=O) groups excluding carboxylic acids is 1. The Morgan fingerprint density at radius 3 is 2.52 bits per heavy atom. The summed E-state index contributed by atoms with van der Waals surface area (Å²) in [7, 11) is 0. The molecule has 0 saturated heterocycles. The molecule has 0 spiro atoms. The van der Waals surface area contributed by atoms with Gasteiger partial charge in [-0.25, -0.2) is 4.39 Å². The summed E-state index contributed by atoms with van der Waals surface area (Å²) in [5.74, 6) is 0.328. The first-order chi connectivity index (χ1) is 15.0. The van der Waals surface area contributed by atoms with E-state index in [0.29, 0.717) is 41.6 Å². The van der Waals surface area contributed by atoms with Crippen molar-refractivity contribution in [3.8, 4) is 22.7 Å². The number of hydrogen-bond donors (Lipinski definition) is 1. The predicted molar refractivity (Wildman–Crippen MR) is 115 cm³/mol. The maximum absolute atomic E-state index is 13.4. The molecule has 0 aliphatic rings. The van der Waals surface area contributed by atoms with Gasteiger partial charge < -0.3 is 9.73 Å². The molecule has 0 fully saturated rings. The third kappa shape index (κ3) is 5.01. The molecule has 2 aromatic heterocycles. The molecule has 0 atom stereocenters. The lowest BCUT2D eigenvalue weighted by Gasteiger charge is -2.05. The molecule has 0 aliphatic heterocycles. The van der Waals surface area contributed by atoms with Gasteiger partial charge in [0.15, 0.2) is 0 Å². The molecule has 2 heterocycles. The monoisotopic (exact) mass is 416 g/mol. The van der Waals surface area contributed by atoms with Crippen molar-refractivity contribution in [2.24, 2.45) is 0 Å². The number of nitrogens with zero attached hydrogens (tertiary/aromatic N) is 3. The molecule has 4 rings (SSSR count). The van der Waals surface area contributed by atoms with Crippen LogP contribution in [0.1, 0.15) is 27.4 Å². The van der Waals surface area contributed by atoms with Crippen LogP contribution < -0.4 is 5.32 Å². The fourth-order valence-corrected chi connectivity index (χ4v) is 3.30. The summed E-state index contributed by atoms with van der Waals surface area (Å²) in [4.78, 5) is 16.6. The van der Waals surface area contributed by atoms with Crippen LogP contribution in [-0.2, 0) is 6.42 Å². The summed E-state index contributed by atoms with van der Waals surface area (Å²) in [6.07, 6.45) is 1.89. The molecule has 0 saturated carbocycles. The van der Waals surface area contributed by atoms with Gasteiger partial charge in [0.2, 0.25) is 11.8 Å². The molecule has 7 heteroatoms. The van der Waals surface area contributed by atoms with Gasteiger partial charge in [0.25, 0.3) is 5.91 Å². The average Bonchev–Trinajstić information content (AvgIpc) is 3.22. The first-order valence-electron chi connectivity index (χ1n) is 9.89. The average molecular weight is 416 g/mol. The van der Waals surface area contributed by atoms with E-state index in [1.54, 1.807) is 24.3 Å². The minimum absolute atomic E-state index is 0.257. The van der Waals surface area contributed by atoms with E-state index < -0.39 is 0 Å². The van der Waals surface area contributed by atoms with E-state index in [9.17, 15) is 9.18 Å². The van der Waals surface area contributed by atoms with Crippen LogP contribution in [0.5, 0.6) is 0 Å².